The second kappa shape index (κ2) is 11.9. The summed E-state index contributed by atoms with van der Waals surface area (Å²) in [4.78, 5) is 24.3. The smallest absolute Gasteiger partial charge is 0.309 e. The number of hydrogen-bond acceptors (Lipinski definition) is 8. The molecule has 0 amide bonds. The molecule has 0 bridgehead atoms. The van der Waals surface area contributed by atoms with E-state index in [0.29, 0.717) is 18.8 Å². The van der Waals surface area contributed by atoms with Crippen LogP contribution >= 0.6 is 0 Å². The van der Waals surface area contributed by atoms with E-state index in [4.69, 9.17) is 4.74 Å². The molecule has 0 aliphatic heterocycles. The molecule has 5 aliphatic carbocycles. The molecule has 240 valence electrons. The van der Waals surface area contributed by atoms with Gasteiger partial charge in [0.05, 0.1) is 25.6 Å². The lowest BCUT2D eigenvalue weighted by Gasteiger charge is -2.64. The zero-order chi connectivity index (χ0) is 31.6. The van der Waals surface area contributed by atoms with E-state index in [2.05, 4.69) is 27.7 Å². The fourth-order valence-corrected chi connectivity index (χ4v) is 11.0. The van der Waals surface area contributed by atoms with E-state index in [-0.39, 0.29) is 65.3 Å². The highest BCUT2D eigenvalue weighted by Gasteiger charge is 2.65. The Balaban J connectivity index is 1.26. The van der Waals surface area contributed by atoms with Gasteiger partial charge in [0.2, 0.25) is 0 Å². The van der Waals surface area contributed by atoms with Gasteiger partial charge in [-0.1, -0.05) is 34.1 Å². The van der Waals surface area contributed by atoms with E-state index in [1.165, 1.54) is 0 Å². The van der Waals surface area contributed by atoms with E-state index in [0.717, 1.165) is 44.9 Å². The lowest BCUT2D eigenvalue weighted by molar-refractivity contribution is -0.203. The molecule has 3 unspecified atom stereocenters. The second-order valence-corrected chi connectivity index (χ2v) is 15.1. The first-order valence-electron chi connectivity index (χ1n) is 16.9. The molecular formula is C33H54O9. The molecule has 0 aromatic carbocycles. The van der Waals surface area contributed by atoms with Gasteiger partial charge in [-0.2, -0.15) is 0 Å². The van der Waals surface area contributed by atoms with Gasteiger partial charge in [0.15, 0.2) is 0 Å². The van der Waals surface area contributed by atoms with Crippen LogP contribution in [0.4, 0.5) is 0 Å². The van der Waals surface area contributed by atoms with Crippen LogP contribution in [0.3, 0.4) is 0 Å². The maximum Gasteiger partial charge on any atom is 0.309 e. The van der Waals surface area contributed by atoms with Crippen LogP contribution in [0.1, 0.15) is 99.7 Å². The van der Waals surface area contributed by atoms with Gasteiger partial charge in [0, 0.05) is 12.8 Å². The second-order valence-electron chi connectivity index (χ2n) is 15.1. The SMILES string of the molecule is [3H][C@]1(O)C2C3CC[C@H]([C@H](C)CCC(=O)O[C@@H]4C[C@H](C(=O)O)[C@@H](O)[C@H](O)[C@H]4O)[C@@]3(C)CCC2[C@@]2(C)CC[C@@H](O)C[C@H]2[C@H]1CC. The number of carbonyl (C=O) groups excluding carboxylic acids is 1. The first-order valence-corrected chi connectivity index (χ1v) is 16.4. The summed E-state index contributed by atoms with van der Waals surface area (Å²) in [6, 6.07) is 0. The fraction of sp³-hybridized carbons (Fsp3) is 0.939. The quantitative estimate of drug-likeness (QED) is 0.242. The lowest BCUT2D eigenvalue weighted by Crippen LogP contribution is -2.62. The number of ether oxygens (including phenoxy) is 1. The number of aliphatic carboxylic acids is 1. The number of carboxylic acid groups (broad SMARTS) is 1. The maximum absolute atomic E-state index is 12.8. The predicted molar refractivity (Wildman–Crippen MR) is 154 cm³/mol. The summed E-state index contributed by atoms with van der Waals surface area (Å²) in [5.41, 5.74) is -0.0523. The summed E-state index contributed by atoms with van der Waals surface area (Å²) >= 11 is 0. The minimum atomic E-state index is -1.71. The lowest BCUT2D eigenvalue weighted by atomic mass is 9.41. The van der Waals surface area contributed by atoms with Crippen molar-refractivity contribution in [2.45, 2.75) is 135 Å². The molecule has 9 nitrogen and oxygen atoms in total. The molecular weight excluding hydrogens is 540 g/mol. The highest BCUT2D eigenvalue weighted by atomic mass is 16.6. The zero-order valence-corrected chi connectivity index (χ0v) is 25.7. The highest BCUT2D eigenvalue weighted by molar-refractivity contribution is 5.72. The maximum atomic E-state index is 12.8. The largest absolute Gasteiger partial charge is 0.481 e. The van der Waals surface area contributed by atoms with Crippen LogP contribution in [-0.4, -0.2) is 79.2 Å². The Morgan fingerprint density at radius 1 is 0.905 bits per heavy atom. The molecule has 16 atom stereocenters. The number of aliphatic hydroxyl groups excluding tert-OH is 4. The van der Waals surface area contributed by atoms with Crippen LogP contribution in [0.2, 0.25) is 0 Å². The third-order valence-corrected chi connectivity index (χ3v) is 13.3. The Bertz CT molecular complexity index is 1050. The Kier molecular flexibility index (Phi) is 8.73. The number of aliphatic hydroxyl groups is 5. The number of rotatable bonds is 7. The van der Waals surface area contributed by atoms with Crippen LogP contribution in [0.25, 0.3) is 0 Å². The molecule has 42 heavy (non-hydrogen) atoms. The van der Waals surface area contributed by atoms with Crippen molar-refractivity contribution in [1.29, 1.82) is 0 Å². The van der Waals surface area contributed by atoms with Gasteiger partial charge in [-0.15, -0.1) is 0 Å². The van der Waals surface area contributed by atoms with Crippen molar-refractivity contribution in [2.24, 2.45) is 58.2 Å². The summed E-state index contributed by atoms with van der Waals surface area (Å²) in [6.07, 6.45) is -0.614. The third-order valence-electron chi connectivity index (χ3n) is 13.3. The summed E-state index contributed by atoms with van der Waals surface area (Å²) < 4.78 is 14.9. The first-order chi connectivity index (χ1) is 20.1. The molecule has 5 fully saturated rings. The summed E-state index contributed by atoms with van der Waals surface area (Å²) in [7, 11) is 0. The van der Waals surface area contributed by atoms with Crippen molar-refractivity contribution in [3.63, 3.8) is 0 Å². The van der Waals surface area contributed by atoms with Crippen molar-refractivity contribution >= 4 is 11.9 Å². The number of esters is 1. The molecule has 5 saturated carbocycles. The number of carbonyl (C=O) groups is 2. The highest BCUT2D eigenvalue weighted by Crippen LogP contribution is 2.69. The molecule has 5 rings (SSSR count). The number of hydrogen-bond donors (Lipinski definition) is 6. The van der Waals surface area contributed by atoms with Crippen LogP contribution in [0, 0.1) is 58.2 Å². The Morgan fingerprint density at radius 2 is 1.57 bits per heavy atom. The van der Waals surface area contributed by atoms with Gasteiger partial charge < -0.3 is 35.4 Å². The van der Waals surface area contributed by atoms with Gasteiger partial charge in [0.1, 0.15) is 18.3 Å². The van der Waals surface area contributed by atoms with Crippen molar-refractivity contribution in [3.05, 3.63) is 0 Å². The Labute approximate surface area is 251 Å². The molecule has 6 N–H and O–H groups in total. The first kappa shape index (κ1) is 30.8. The van der Waals surface area contributed by atoms with Crippen LogP contribution in [0.15, 0.2) is 0 Å². The summed E-state index contributed by atoms with van der Waals surface area (Å²) in [5, 5.41) is 62.3. The molecule has 0 heterocycles. The third kappa shape index (κ3) is 5.23. The molecule has 0 aromatic rings. The van der Waals surface area contributed by atoms with Crippen LogP contribution < -0.4 is 0 Å². The van der Waals surface area contributed by atoms with E-state index in [9.17, 15) is 41.6 Å². The monoisotopic (exact) mass is 596 g/mol. The minimum Gasteiger partial charge on any atom is -0.481 e. The predicted octanol–water partition coefficient (Wildman–Crippen LogP) is 3.13. The molecule has 0 spiro atoms. The van der Waals surface area contributed by atoms with Crippen LogP contribution in [-0.2, 0) is 14.3 Å². The average Bonchev–Trinajstić information content (AvgIpc) is 3.30. The van der Waals surface area contributed by atoms with E-state index in [1.54, 1.807) is 0 Å². The summed E-state index contributed by atoms with van der Waals surface area (Å²) in [5.74, 6) is -2.41. The Morgan fingerprint density at radius 3 is 2.24 bits per heavy atom. The molecule has 0 radical (unpaired) electrons. The van der Waals surface area contributed by atoms with Crippen molar-refractivity contribution in [2.75, 3.05) is 0 Å². The standard InChI is InChI=1S/C33H54O9/c1-5-18-23-14-17(34)10-12-33(23,4)22-11-13-32(3)20(7-8-21(32)26(22)27(18)36)16(2)6-9-25(35)42-24-15-19(31(40)41)28(37)30(39)29(24)38/h16-24,26-30,34,36-39H,5-15H2,1-4H3,(H,40,41)/t16-,17-,18-,19+,20-,21?,22?,23+,24-,26?,27-,28-,29+,30+,32-,33-/m1/s1/i27T. The van der Waals surface area contributed by atoms with E-state index < -0.39 is 48.4 Å². The molecule has 0 aromatic heterocycles. The molecule has 5 aliphatic rings. The van der Waals surface area contributed by atoms with Gasteiger partial charge in [-0.3, -0.25) is 9.59 Å². The van der Waals surface area contributed by atoms with E-state index >= 15 is 0 Å². The van der Waals surface area contributed by atoms with Crippen molar-refractivity contribution in [3.8, 4) is 0 Å². The van der Waals surface area contributed by atoms with Crippen molar-refractivity contribution in [1.82, 2.24) is 0 Å². The Hall–Kier alpha value is -1.26. The molecule has 0 saturated heterocycles. The van der Waals surface area contributed by atoms with Crippen molar-refractivity contribution < 1.29 is 46.3 Å². The van der Waals surface area contributed by atoms with Gasteiger partial charge in [-0.25, -0.2) is 0 Å². The van der Waals surface area contributed by atoms with E-state index in [1.807, 2.05) is 0 Å². The number of carboxylic acids is 1. The summed E-state index contributed by atoms with van der Waals surface area (Å²) in [6.45, 7) is 8.91. The minimum absolute atomic E-state index is 0.0135. The van der Waals surface area contributed by atoms with Gasteiger partial charge >= 0.3 is 11.9 Å². The zero-order valence-electron chi connectivity index (χ0n) is 26.7. The topological polar surface area (TPSA) is 165 Å². The van der Waals surface area contributed by atoms with Gasteiger partial charge in [-0.05, 0) is 104 Å². The normalized spacial score (nSPS) is 53.2. The van der Waals surface area contributed by atoms with Crippen LogP contribution in [0.5, 0.6) is 0 Å². The van der Waals surface area contributed by atoms with Gasteiger partial charge in [0.25, 0.3) is 0 Å². The fourth-order valence-electron chi connectivity index (χ4n) is 11.0. The average molecular weight is 597 g/mol. The molecule has 9 heteroatoms. The number of fused-ring (bicyclic) bond motifs is 5.